The number of fused-ring (bicyclic) bond motifs is 1. The molecule has 2 aromatic rings. The molecule has 0 fully saturated rings. The number of carbonyl (C=O) groups is 1. The molecule has 1 atom stereocenters. The van der Waals surface area contributed by atoms with Crippen LogP contribution in [0, 0.1) is 6.92 Å². The first-order valence-electron chi connectivity index (χ1n) is 8.73. The monoisotopic (exact) mass is 447 g/mol. The lowest BCUT2D eigenvalue weighted by Gasteiger charge is -2.24. The van der Waals surface area contributed by atoms with Gasteiger partial charge in [0.25, 0.3) is 0 Å². The van der Waals surface area contributed by atoms with Crippen LogP contribution in [0.3, 0.4) is 0 Å². The first-order chi connectivity index (χ1) is 13.5. The number of hydrogen-bond acceptors (Lipinski definition) is 3. The lowest BCUT2D eigenvalue weighted by atomic mass is 9.91. The van der Waals surface area contributed by atoms with Crippen molar-refractivity contribution in [2.24, 2.45) is 0 Å². The normalized spacial score (nSPS) is 16.3. The minimum Gasteiger partial charge on any atom is -0.465 e. The number of methoxy groups -OCH3 is 1. The Labute approximate surface area is 175 Å². The number of rotatable bonds is 4. The van der Waals surface area contributed by atoms with Crippen LogP contribution in [-0.4, -0.2) is 24.0 Å². The molecular formula is C20H18Cl2F3NO3. The summed E-state index contributed by atoms with van der Waals surface area (Å²) in [6.07, 6.45) is -1.37. The van der Waals surface area contributed by atoms with E-state index in [2.05, 4.69) is 4.74 Å². The number of aromatic nitrogens is 1. The molecule has 9 heteroatoms. The number of ether oxygens (including phenoxy) is 2. The molecule has 0 bridgehead atoms. The van der Waals surface area contributed by atoms with Crippen molar-refractivity contribution in [3.63, 3.8) is 0 Å². The lowest BCUT2D eigenvalue weighted by molar-refractivity contribution is -0.306. The van der Waals surface area contributed by atoms with E-state index in [0.29, 0.717) is 16.1 Å². The van der Waals surface area contributed by atoms with Gasteiger partial charge in [0.2, 0.25) is 0 Å². The standard InChI is InChI=1S/C20H18Cl2F3NO3/c1-10-6-12(29-20(23,24)25)7-14-11(2)8-26(18(10)14)9-15-16(21)5-4-13(17(15)22)19(27)28-3/h4-5,7-8,10H,6,9H2,1-3H3. The molecule has 0 amide bonds. The van der Waals surface area contributed by atoms with Gasteiger partial charge in [-0.15, -0.1) is 13.2 Å². The highest BCUT2D eigenvalue weighted by Gasteiger charge is 2.35. The highest BCUT2D eigenvalue weighted by atomic mass is 35.5. The Morgan fingerprint density at radius 2 is 2.00 bits per heavy atom. The average molecular weight is 448 g/mol. The van der Waals surface area contributed by atoms with Crippen molar-refractivity contribution in [2.75, 3.05) is 7.11 Å². The van der Waals surface area contributed by atoms with Crippen LogP contribution in [0.15, 0.2) is 24.1 Å². The smallest absolute Gasteiger partial charge is 0.465 e. The molecule has 1 unspecified atom stereocenters. The molecule has 4 nitrogen and oxygen atoms in total. The van der Waals surface area contributed by atoms with E-state index in [1.807, 2.05) is 24.6 Å². The van der Waals surface area contributed by atoms with Gasteiger partial charge in [-0.2, -0.15) is 0 Å². The molecule has 1 heterocycles. The van der Waals surface area contributed by atoms with Gasteiger partial charge in [0.05, 0.1) is 24.2 Å². The van der Waals surface area contributed by atoms with E-state index >= 15 is 0 Å². The minimum atomic E-state index is -4.73. The van der Waals surface area contributed by atoms with Crippen LogP contribution in [0.2, 0.25) is 10.0 Å². The molecule has 1 aliphatic rings. The first-order valence-corrected chi connectivity index (χ1v) is 9.48. The summed E-state index contributed by atoms with van der Waals surface area (Å²) >= 11 is 12.7. The van der Waals surface area contributed by atoms with Gasteiger partial charge in [-0.1, -0.05) is 30.1 Å². The Hall–Kier alpha value is -2.12. The molecule has 3 rings (SSSR count). The van der Waals surface area contributed by atoms with Crippen molar-refractivity contribution in [3.8, 4) is 0 Å². The van der Waals surface area contributed by atoms with Crippen LogP contribution in [0.4, 0.5) is 13.2 Å². The summed E-state index contributed by atoms with van der Waals surface area (Å²) in [5, 5.41) is 0.562. The fraction of sp³-hybridized carbons (Fsp3) is 0.350. The van der Waals surface area contributed by atoms with Crippen LogP contribution < -0.4 is 0 Å². The lowest BCUT2D eigenvalue weighted by Crippen LogP contribution is -2.18. The van der Waals surface area contributed by atoms with Gasteiger partial charge in [0.15, 0.2) is 0 Å². The molecule has 0 saturated heterocycles. The average Bonchev–Trinajstić information content (AvgIpc) is 2.92. The van der Waals surface area contributed by atoms with Crippen molar-refractivity contribution >= 4 is 35.2 Å². The third kappa shape index (κ3) is 4.41. The Balaban J connectivity index is 2.02. The largest absolute Gasteiger partial charge is 0.572 e. The van der Waals surface area contributed by atoms with E-state index in [1.165, 1.54) is 19.3 Å². The third-order valence-electron chi connectivity index (χ3n) is 4.81. The van der Waals surface area contributed by atoms with Gasteiger partial charge in [0, 0.05) is 40.4 Å². The van der Waals surface area contributed by atoms with Crippen LogP contribution in [0.25, 0.3) is 6.08 Å². The minimum absolute atomic E-state index is 0.111. The van der Waals surface area contributed by atoms with E-state index in [1.54, 1.807) is 6.07 Å². The summed E-state index contributed by atoms with van der Waals surface area (Å²) in [7, 11) is 1.26. The Kier molecular flexibility index (Phi) is 5.92. The second-order valence-electron chi connectivity index (χ2n) is 6.88. The molecule has 1 aliphatic carbocycles. The Morgan fingerprint density at radius 1 is 1.31 bits per heavy atom. The fourth-order valence-corrected chi connectivity index (χ4v) is 4.18. The molecule has 1 aromatic carbocycles. The van der Waals surface area contributed by atoms with Gasteiger partial charge in [-0.05, 0) is 30.7 Å². The molecule has 29 heavy (non-hydrogen) atoms. The molecule has 0 spiro atoms. The van der Waals surface area contributed by atoms with E-state index in [0.717, 1.165) is 11.3 Å². The van der Waals surface area contributed by atoms with Crippen LogP contribution in [0.1, 0.15) is 52.0 Å². The number of halogens is 5. The number of benzene rings is 1. The van der Waals surface area contributed by atoms with Crippen LogP contribution in [0.5, 0.6) is 0 Å². The van der Waals surface area contributed by atoms with Crippen LogP contribution in [-0.2, 0) is 16.0 Å². The highest BCUT2D eigenvalue weighted by molar-refractivity contribution is 6.38. The number of aryl methyl sites for hydroxylation is 1. The maximum absolute atomic E-state index is 12.6. The molecule has 0 saturated carbocycles. The van der Waals surface area contributed by atoms with Gasteiger partial charge >= 0.3 is 12.3 Å². The predicted octanol–water partition coefficient (Wildman–Crippen LogP) is 6.32. The van der Waals surface area contributed by atoms with Crippen molar-refractivity contribution in [3.05, 3.63) is 62.1 Å². The molecular weight excluding hydrogens is 430 g/mol. The zero-order chi connectivity index (χ0) is 21.5. The Bertz CT molecular complexity index is 996. The van der Waals surface area contributed by atoms with E-state index in [4.69, 9.17) is 27.9 Å². The second-order valence-corrected chi connectivity index (χ2v) is 7.67. The maximum Gasteiger partial charge on any atom is 0.572 e. The quantitative estimate of drug-likeness (QED) is 0.514. The summed E-state index contributed by atoms with van der Waals surface area (Å²) < 4.78 is 48.6. The Morgan fingerprint density at radius 3 is 2.62 bits per heavy atom. The van der Waals surface area contributed by atoms with Gasteiger partial charge in [-0.3, -0.25) is 0 Å². The number of esters is 1. The van der Waals surface area contributed by atoms with Crippen molar-refractivity contribution in [1.82, 2.24) is 4.57 Å². The number of allylic oxidation sites excluding steroid dienone is 1. The summed E-state index contributed by atoms with van der Waals surface area (Å²) in [4.78, 5) is 11.9. The van der Waals surface area contributed by atoms with Crippen molar-refractivity contribution < 1.29 is 27.4 Å². The SMILES string of the molecule is COC(=O)c1ccc(Cl)c(Cn2cc(C)c3c2C(C)CC(OC(F)(F)F)=C3)c1Cl. The van der Waals surface area contributed by atoms with Gasteiger partial charge in [-0.25, -0.2) is 4.79 Å². The molecule has 0 radical (unpaired) electrons. The van der Waals surface area contributed by atoms with Crippen LogP contribution >= 0.6 is 23.2 Å². The summed E-state index contributed by atoms with van der Waals surface area (Å²) in [6, 6.07) is 3.05. The topological polar surface area (TPSA) is 40.5 Å². The zero-order valence-electron chi connectivity index (χ0n) is 15.9. The van der Waals surface area contributed by atoms with E-state index in [-0.39, 0.29) is 35.2 Å². The highest BCUT2D eigenvalue weighted by Crippen LogP contribution is 2.40. The maximum atomic E-state index is 12.6. The molecule has 0 N–H and O–H groups in total. The van der Waals surface area contributed by atoms with Crippen molar-refractivity contribution in [2.45, 2.75) is 39.1 Å². The molecule has 0 aliphatic heterocycles. The van der Waals surface area contributed by atoms with E-state index in [9.17, 15) is 18.0 Å². The number of alkyl halides is 3. The zero-order valence-corrected chi connectivity index (χ0v) is 17.4. The number of carbonyl (C=O) groups excluding carboxylic acids is 1. The summed E-state index contributed by atoms with van der Waals surface area (Å²) in [5.41, 5.74) is 3.06. The number of nitrogens with zero attached hydrogens (tertiary/aromatic N) is 1. The van der Waals surface area contributed by atoms with E-state index < -0.39 is 12.3 Å². The first kappa shape index (κ1) is 21.6. The predicted molar refractivity (Wildman–Crippen MR) is 104 cm³/mol. The summed E-state index contributed by atoms with van der Waals surface area (Å²) in [5.74, 6) is -0.923. The second kappa shape index (κ2) is 7.95. The van der Waals surface area contributed by atoms with Gasteiger partial charge in [0.1, 0.15) is 5.76 Å². The fourth-order valence-electron chi connectivity index (χ4n) is 3.62. The summed E-state index contributed by atoms with van der Waals surface area (Å²) in [6.45, 7) is 3.89. The number of hydrogen-bond donors (Lipinski definition) is 0. The van der Waals surface area contributed by atoms with Gasteiger partial charge < -0.3 is 14.0 Å². The third-order valence-corrected chi connectivity index (χ3v) is 5.59. The molecule has 1 aromatic heterocycles. The van der Waals surface area contributed by atoms with Crippen molar-refractivity contribution in [1.29, 1.82) is 0 Å². The molecule has 156 valence electrons.